The Bertz CT molecular complexity index is 882. The van der Waals surface area contributed by atoms with Gasteiger partial charge < -0.3 is 24.4 Å². The molecule has 160 valence electrons. The molecule has 1 aliphatic heterocycles. The van der Waals surface area contributed by atoms with Crippen LogP contribution < -0.4 is 24.4 Å². The number of ether oxygens (including phenoxy) is 3. The van der Waals surface area contributed by atoms with Gasteiger partial charge in [0.15, 0.2) is 11.5 Å². The van der Waals surface area contributed by atoms with Crippen molar-refractivity contribution in [1.82, 2.24) is 5.32 Å². The number of hydrogen-bond donors (Lipinski definition) is 1. The molecule has 0 aliphatic carbocycles. The molecule has 1 fully saturated rings. The normalized spacial score (nSPS) is 15.8. The van der Waals surface area contributed by atoms with E-state index >= 15 is 0 Å². The first-order valence-corrected chi connectivity index (χ1v) is 10.1. The number of amides is 2. The Labute approximate surface area is 176 Å². The van der Waals surface area contributed by atoms with Gasteiger partial charge in [0.25, 0.3) is 0 Å². The zero-order chi connectivity index (χ0) is 21.5. The van der Waals surface area contributed by atoms with Crippen molar-refractivity contribution in [1.29, 1.82) is 0 Å². The molecule has 30 heavy (non-hydrogen) atoms. The summed E-state index contributed by atoms with van der Waals surface area (Å²) < 4.78 is 16.0. The SMILES string of the molecule is CCOc1ccc(N2C[C@H](C(=O)NCCc3ccc(OC)c(OC)c3)CC2=O)cc1. The van der Waals surface area contributed by atoms with Crippen LogP contribution >= 0.6 is 0 Å². The molecule has 2 aromatic carbocycles. The molecular formula is C23H28N2O5. The minimum Gasteiger partial charge on any atom is -0.494 e. The maximum Gasteiger partial charge on any atom is 0.227 e. The molecule has 7 nitrogen and oxygen atoms in total. The highest BCUT2D eigenvalue weighted by Crippen LogP contribution is 2.28. The molecule has 0 aromatic heterocycles. The molecule has 1 aliphatic rings. The van der Waals surface area contributed by atoms with Crippen molar-refractivity contribution in [2.24, 2.45) is 5.92 Å². The number of anilines is 1. The number of nitrogens with one attached hydrogen (secondary N) is 1. The van der Waals surface area contributed by atoms with Crippen LogP contribution in [0.1, 0.15) is 18.9 Å². The maximum absolute atomic E-state index is 12.6. The van der Waals surface area contributed by atoms with Crippen LogP contribution in [0.2, 0.25) is 0 Å². The Morgan fingerprint density at radius 3 is 2.50 bits per heavy atom. The number of nitrogens with zero attached hydrogens (tertiary/aromatic N) is 1. The Kier molecular flexibility index (Phi) is 7.17. The monoisotopic (exact) mass is 412 g/mol. The third-order valence-corrected chi connectivity index (χ3v) is 5.12. The summed E-state index contributed by atoms with van der Waals surface area (Å²) in [5, 5.41) is 2.95. The fraction of sp³-hybridized carbons (Fsp3) is 0.391. The lowest BCUT2D eigenvalue weighted by Crippen LogP contribution is -2.34. The number of carbonyl (C=O) groups excluding carboxylic acids is 2. The predicted molar refractivity (Wildman–Crippen MR) is 114 cm³/mol. The van der Waals surface area contributed by atoms with Gasteiger partial charge in [-0.05, 0) is 55.3 Å². The van der Waals surface area contributed by atoms with Crippen molar-refractivity contribution in [3.8, 4) is 17.2 Å². The Morgan fingerprint density at radius 2 is 1.83 bits per heavy atom. The van der Waals surface area contributed by atoms with Gasteiger partial charge in [-0.15, -0.1) is 0 Å². The quantitative estimate of drug-likeness (QED) is 0.685. The van der Waals surface area contributed by atoms with Crippen LogP contribution in [0.4, 0.5) is 5.69 Å². The average molecular weight is 412 g/mol. The Balaban J connectivity index is 1.52. The second-order valence-electron chi connectivity index (χ2n) is 7.06. The van der Waals surface area contributed by atoms with E-state index in [1.807, 2.05) is 49.4 Å². The lowest BCUT2D eigenvalue weighted by atomic mass is 10.1. The second-order valence-corrected chi connectivity index (χ2v) is 7.06. The van der Waals surface area contributed by atoms with E-state index in [9.17, 15) is 9.59 Å². The van der Waals surface area contributed by atoms with Gasteiger partial charge in [0, 0.05) is 25.2 Å². The summed E-state index contributed by atoms with van der Waals surface area (Å²) in [4.78, 5) is 26.6. The van der Waals surface area contributed by atoms with Crippen molar-refractivity contribution in [2.45, 2.75) is 19.8 Å². The Morgan fingerprint density at radius 1 is 1.10 bits per heavy atom. The van der Waals surface area contributed by atoms with Crippen molar-refractivity contribution in [3.05, 3.63) is 48.0 Å². The van der Waals surface area contributed by atoms with Crippen LogP contribution in [-0.2, 0) is 16.0 Å². The van der Waals surface area contributed by atoms with E-state index in [2.05, 4.69) is 5.32 Å². The molecule has 7 heteroatoms. The van der Waals surface area contributed by atoms with Crippen LogP contribution in [0.5, 0.6) is 17.2 Å². The van der Waals surface area contributed by atoms with Crippen molar-refractivity contribution in [3.63, 3.8) is 0 Å². The summed E-state index contributed by atoms with van der Waals surface area (Å²) in [5.74, 6) is 1.60. The first-order valence-electron chi connectivity index (χ1n) is 10.1. The molecule has 2 amide bonds. The smallest absolute Gasteiger partial charge is 0.227 e. The molecule has 1 N–H and O–H groups in total. The highest BCUT2D eigenvalue weighted by Gasteiger charge is 2.34. The van der Waals surface area contributed by atoms with E-state index < -0.39 is 0 Å². The number of rotatable bonds is 9. The third kappa shape index (κ3) is 5.03. The van der Waals surface area contributed by atoms with Gasteiger partial charge >= 0.3 is 0 Å². The molecule has 1 atom stereocenters. The van der Waals surface area contributed by atoms with Crippen molar-refractivity contribution >= 4 is 17.5 Å². The third-order valence-electron chi connectivity index (χ3n) is 5.12. The highest BCUT2D eigenvalue weighted by atomic mass is 16.5. The van der Waals surface area contributed by atoms with Crippen LogP contribution in [0.25, 0.3) is 0 Å². The van der Waals surface area contributed by atoms with E-state index in [4.69, 9.17) is 14.2 Å². The summed E-state index contributed by atoms with van der Waals surface area (Å²) in [6.07, 6.45) is 0.880. The van der Waals surface area contributed by atoms with E-state index in [-0.39, 0.29) is 24.2 Å². The molecular weight excluding hydrogens is 384 g/mol. The van der Waals surface area contributed by atoms with Gasteiger partial charge in [0.1, 0.15) is 5.75 Å². The summed E-state index contributed by atoms with van der Waals surface area (Å²) >= 11 is 0. The molecule has 0 radical (unpaired) electrons. The standard InChI is InChI=1S/C23H28N2O5/c1-4-30-19-8-6-18(7-9-19)25-15-17(14-22(25)26)23(27)24-12-11-16-5-10-20(28-2)21(13-16)29-3/h5-10,13,17H,4,11-12,14-15H2,1-3H3,(H,24,27)/t17-/m1/s1. The second kappa shape index (κ2) is 10.0. The summed E-state index contributed by atoms with van der Waals surface area (Å²) in [6, 6.07) is 13.1. The molecule has 0 unspecified atom stereocenters. The van der Waals surface area contributed by atoms with Crippen LogP contribution in [-0.4, -0.2) is 45.7 Å². The van der Waals surface area contributed by atoms with Crippen LogP contribution in [0, 0.1) is 5.92 Å². The molecule has 0 bridgehead atoms. The zero-order valence-corrected chi connectivity index (χ0v) is 17.6. The molecule has 0 spiro atoms. The fourth-order valence-corrected chi connectivity index (χ4v) is 3.53. The van der Waals surface area contributed by atoms with Gasteiger partial charge in [-0.1, -0.05) is 6.07 Å². The summed E-state index contributed by atoms with van der Waals surface area (Å²) in [5.41, 5.74) is 1.82. The van der Waals surface area contributed by atoms with Gasteiger partial charge in [0.05, 0.1) is 26.7 Å². The maximum atomic E-state index is 12.6. The van der Waals surface area contributed by atoms with Gasteiger partial charge in [-0.3, -0.25) is 9.59 Å². The van der Waals surface area contributed by atoms with E-state index in [1.54, 1.807) is 19.1 Å². The molecule has 3 rings (SSSR count). The van der Waals surface area contributed by atoms with Crippen molar-refractivity contribution < 1.29 is 23.8 Å². The molecule has 1 saturated heterocycles. The zero-order valence-electron chi connectivity index (χ0n) is 17.6. The molecule has 2 aromatic rings. The van der Waals surface area contributed by atoms with E-state index in [1.165, 1.54) is 0 Å². The number of carbonyl (C=O) groups is 2. The first-order chi connectivity index (χ1) is 14.5. The van der Waals surface area contributed by atoms with Crippen LogP contribution in [0.15, 0.2) is 42.5 Å². The highest BCUT2D eigenvalue weighted by molar-refractivity contribution is 6.00. The minimum atomic E-state index is -0.352. The molecule has 0 saturated carbocycles. The average Bonchev–Trinajstić information content (AvgIpc) is 3.16. The molecule has 1 heterocycles. The minimum absolute atomic E-state index is 0.0424. The van der Waals surface area contributed by atoms with Gasteiger partial charge in [0.2, 0.25) is 11.8 Å². The Hall–Kier alpha value is -3.22. The van der Waals surface area contributed by atoms with Gasteiger partial charge in [-0.2, -0.15) is 0 Å². The summed E-state index contributed by atoms with van der Waals surface area (Å²) in [7, 11) is 3.19. The number of benzene rings is 2. The van der Waals surface area contributed by atoms with E-state index in [0.717, 1.165) is 17.0 Å². The number of methoxy groups -OCH3 is 2. The lowest BCUT2D eigenvalue weighted by molar-refractivity contribution is -0.126. The number of hydrogen-bond acceptors (Lipinski definition) is 5. The lowest BCUT2D eigenvalue weighted by Gasteiger charge is -2.17. The summed E-state index contributed by atoms with van der Waals surface area (Å²) in [6.45, 7) is 3.39. The van der Waals surface area contributed by atoms with E-state index in [0.29, 0.717) is 37.6 Å². The van der Waals surface area contributed by atoms with Gasteiger partial charge in [-0.25, -0.2) is 0 Å². The first kappa shape index (κ1) is 21.5. The van der Waals surface area contributed by atoms with Crippen LogP contribution in [0.3, 0.4) is 0 Å². The topological polar surface area (TPSA) is 77.1 Å². The van der Waals surface area contributed by atoms with Crippen molar-refractivity contribution in [2.75, 3.05) is 38.8 Å². The fourth-order valence-electron chi connectivity index (χ4n) is 3.53. The largest absolute Gasteiger partial charge is 0.494 e. The predicted octanol–water partition coefficient (Wildman–Crippen LogP) is 2.81.